The molecule has 0 radical (unpaired) electrons. The van der Waals surface area contributed by atoms with Crippen molar-refractivity contribution in [2.24, 2.45) is 0 Å². The van der Waals surface area contributed by atoms with Crippen LogP contribution >= 0.6 is 11.6 Å². The summed E-state index contributed by atoms with van der Waals surface area (Å²) < 4.78 is 5.77. The van der Waals surface area contributed by atoms with E-state index in [1.807, 2.05) is 30.3 Å². The van der Waals surface area contributed by atoms with Gasteiger partial charge in [-0.1, -0.05) is 54.1 Å². The summed E-state index contributed by atoms with van der Waals surface area (Å²) in [7, 11) is 0. The SMILES string of the molecule is Cc1ccc(Oc2nc3cc(-c4ccc(-c5ccc(C(=O)O)cc5)cc4)c(Cl)cc3[nH]2)cc1C(=O)O. The molecule has 5 rings (SSSR count). The highest BCUT2D eigenvalue weighted by Gasteiger charge is 2.13. The van der Waals surface area contributed by atoms with Crippen molar-refractivity contribution in [1.29, 1.82) is 0 Å². The molecule has 5 aromatic rings. The third kappa shape index (κ3) is 4.52. The van der Waals surface area contributed by atoms with Gasteiger partial charge in [-0.2, -0.15) is 4.98 Å². The average molecular weight is 499 g/mol. The second-order valence-electron chi connectivity index (χ2n) is 8.23. The van der Waals surface area contributed by atoms with Gasteiger partial charge in [0.1, 0.15) is 5.75 Å². The fourth-order valence-electron chi connectivity index (χ4n) is 3.93. The van der Waals surface area contributed by atoms with Gasteiger partial charge >= 0.3 is 11.9 Å². The van der Waals surface area contributed by atoms with Crippen LogP contribution in [0.4, 0.5) is 0 Å². The van der Waals surface area contributed by atoms with Crippen LogP contribution in [0.5, 0.6) is 11.8 Å². The molecule has 0 aliphatic rings. The number of nitrogens with zero attached hydrogens (tertiary/aromatic N) is 1. The van der Waals surface area contributed by atoms with E-state index >= 15 is 0 Å². The summed E-state index contributed by atoms with van der Waals surface area (Å²) >= 11 is 6.57. The van der Waals surface area contributed by atoms with Crippen LogP contribution in [0, 0.1) is 6.92 Å². The van der Waals surface area contributed by atoms with E-state index in [0.717, 1.165) is 22.3 Å². The molecule has 0 aliphatic heterocycles. The van der Waals surface area contributed by atoms with Gasteiger partial charge in [-0.15, -0.1) is 0 Å². The number of fused-ring (bicyclic) bond motifs is 1. The summed E-state index contributed by atoms with van der Waals surface area (Å²) in [5, 5.41) is 18.9. The number of ether oxygens (including phenoxy) is 1. The molecule has 0 saturated carbocycles. The van der Waals surface area contributed by atoms with Gasteiger partial charge in [-0.25, -0.2) is 9.59 Å². The molecule has 1 heterocycles. The molecule has 4 aromatic carbocycles. The number of aryl methyl sites for hydroxylation is 1. The van der Waals surface area contributed by atoms with Gasteiger partial charge in [0.2, 0.25) is 0 Å². The van der Waals surface area contributed by atoms with Crippen molar-refractivity contribution in [3.8, 4) is 34.0 Å². The Labute approximate surface area is 210 Å². The van der Waals surface area contributed by atoms with Crippen molar-refractivity contribution < 1.29 is 24.5 Å². The number of halogens is 1. The Morgan fingerprint density at radius 2 is 1.47 bits per heavy atom. The van der Waals surface area contributed by atoms with E-state index in [2.05, 4.69) is 9.97 Å². The fraction of sp³-hybridized carbons (Fsp3) is 0.0357. The molecule has 0 amide bonds. The summed E-state index contributed by atoms with van der Waals surface area (Å²) in [6.45, 7) is 1.72. The number of aromatic amines is 1. The van der Waals surface area contributed by atoms with Crippen LogP contribution in [0.3, 0.4) is 0 Å². The minimum atomic E-state index is -1.03. The zero-order chi connectivity index (χ0) is 25.4. The van der Waals surface area contributed by atoms with Gasteiger partial charge in [0.05, 0.1) is 27.2 Å². The minimum absolute atomic E-state index is 0.162. The van der Waals surface area contributed by atoms with Gasteiger partial charge in [0, 0.05) is 5.56 Å². The van der Waals surface area contributed by atoms with Crippen molar-refractivity contribution in [2.45, 2.75) is 6.92 Å². The third-order valence-corrected chi connectivity index (χ3v) is 6.18. The van der Waals surface area contributed by atoms with Gasteiger partial charge in [0.15, 0.2) is 0 Å². The highest BCUT2D eigenvalue weighted by molar-refractivity contribution is 6.34. The number of aromatic nitrogens is 2. The van der Waals surface area contributed by atoms with E-state index in [1.54, 1.807) is 49.4 Å². The largest absolute Gasteiger partial charge is 0.478 e. The summed E-state index contributed by atoms with van der Waals surface area (Å²) in [5.74, 6) is -1.63. The molecule has 3 N–H and O–H groups in total. The minimum Gasteiger partial charge on any atom is -0.478 e. The summed E-state index contributed by atoms with van der Waals surface area (Å²) in [5.41, 5.74) is 5.90. The maximum absolute atomic E-state index is 11.4. The molecular formula is C28H19ClN2O5. The van der Waals surface area contributed by atoms with Crippen LogP contribution in [0.2, 0.25) is 5.02 Å². The fourth-order valence-corrected chi connectivity index (χ4v) is 4.20. The molecule has 0 saturated heterocycles. The molecule has 0 atom stereocenters. The first-order chi connectivity index (χ1) is 17.3. The number of nitrogens with one attached hydrogen (secondary N) is 1. The molecule has 8 heteroatoms. The topological polar surface area (TPSA) is 113 Å². The van der Waals surface area contributed by atoms with E-state index in [4.69, 9.17) is 21.4 Å². The molecule has 178 valence electrons. The quantitative estimate of drug-likeness (QED) is 0.231. The summed E-state index contributed by atoms with van der Waals surface area (Å²) in [6.07, 6.45) is 0. The zero-order valence-electron chi connectivity index (χ0n) is 18.9. The first kappa shape index (κ1) is 23.1. The number of carboxylic acids is 2. The smallest absolute Gasteiger partial charge is 0.336 e. The Kier molecular flexibility index (Phi) is 5.91. The molecule has 1 aromatic heterocycles. The predicted octanol–water partition coefficient (Wildman–Crippen LogP) is 7.05. The van der Waals surface area contributed by atoms with Crippen LogP contribution in [-0.4, -0.2) is 32.1 Å². The highest BCUT2D eigenvalue weighted by Crippen LogP contribution is 2.34. The molecule has 0 aliphatic carbocycles. The second kappa shape index (κ2) is 9.20. The van der Waals surface area contributed by atoms with Crippen LogP contribution in [0.25, 0.3) is 33.3 Å². The number of benzene rings is 4. The Hall–Kier alpha value is -4.62. The lowest BCUT2D eigenvalue weighted by atomic mass is 9.99. The lowest BCUT2D eigenvalue weighted by molar-refractivity contribution is 0.0685. The summed E-state index contributed by atoms with van der Waals surface area (Å²) in [6, 6.07) is 23.1. The van der Waals surface area contributed by atoms with E-state index in [0.29, 0.717) is 27.4 Å². The zero-order valence-corrected chi connectivity index (χ0v) is 19.7. The van der Waals surface area contributed by atoms with E-state index in [-0.39, 0.29) is 17.1 Å². The maximum atomic E-state index is 11.4. The number of rotatable bonds is 6. The first-order valence-electron chi connectivity index (χ1n) is 10.9. The Balaban J connectivity index is 1.42. The van der Waals surface area contributed by atoms with E-state index < -0.39 is 11.9 Å². The lowest BCUT2D eigenvalue weighted by Gasteiger charge is -2.07. The van der Waals surface area contributed by atoms with Crippen LogP contribution < -0.4 is 4.74 Å². The third-order valence-electron chi connectivity index (χ3n) is 5.86. The highest BCUT2D eigenvalue weighted by atomic mass is 35.5. The Morgan fingerprint density at radius 1 is 0.833 bits per heavy atom. The number of carboxylic acid groups (broad SMARTS) is 2. The van der Waals surface area contributed by atoms with E-state index in [9.17, 15) is 14.7 Å². The number of H-pyrrole nitrogens is 1. The maximum Gasteiger partial charge on any atom is 0.336 e. The number of hydrogen-bond acceptors (Lipinski definition) is 4. The average Bonchev–Trinajstić information content (AvgIpc) is 3.25. The van der Waals surface area contributed by atoms with Crippen LogP contribution in [-0.2, 0) is 0 Å². The second-order valence-corrected chi connectivity index (χ2v) is 8.64. The van der Waals surface area contributed by atoms with Crippen molar-refractivity contribution >= 4 is 34.6 Å². The molecule has 0 fully saturated rings. The number of hydrogen-bond donors (Lipinski definition) is 3. The Bertz CT molecular complexity index is 1620. The number of carbonyl (C=O) groups is 2. The van der Waals surface area contributed by atoms with Gasteiger partial charge in [0.25, 0.3) is 6.01 Å². The molecule has 36 heavy (non-hydrogen) atoms. The molecule has 0 spiro atoms. The first-order valence-corrected chi connectivity index (χ1v) is 11.3. The van der Waals surface area contributed by atoms with Gasteiger partial charge in [-0.05, 0) is 65.6 Å². The van der Waals surface area contributed by atoms with Crippen LogP contribution in [0.1, 0.15) is 26.3 Å². The van der Waals surface area contributed by atoms with Gasteiger partial charge in [-0.3, -0.25) is 0 Å². The predicted molar refractivity (Wildman–Crippen MR) is 137 cm³/mol. The lowest BCUT2D eigenvalue weighted by Crippen LogP contribution is -2.00. The van der Waals surface area contributed by atoms with Crippen molar-refractivity contribution in [2.75, 3.05) is 0 Å². The van der Waals surface area contributed by atoms with Crippen molar-refractivity contribution in [3.05, 3.63) is 101 Å². The van der Waals surface area contributed by atoms with Crippen LogP contribution in [0.15, 0.2) is 78.9 Å². The standard InChI is InChI=1S/C28H19ClN2O5/c1-15-2-11-20(12-21(15)27(34)35)36-28-30-24-13-22(23(29)14-25(24)31-28)18-7-3-16(4-8-18)17-5-9-19(10-6-17)26(32)33/h2-14H,1H3,(H,30,31)(H,32,33)(H,34,35). The number of imidazole rings is 1. The molecule has 0 unspecified atom stereocenters. The number of aromatic carboxylic acids is 2. The summed E-state index contributed by atoms with van der Waals surface area (Å²) in [4.78, 5) is 30.0. The normalized spacial score (nSPS) is 10.9. The monoisotopic (exact) mass is 498 g/mol. The Morgan fingerprint density at radius 3 is 2.11 bits per heavy atom. The van der Waals surface area contributed by atoms with Crippen molar-refractivity contribution in [3.63, 3.8) is 0 Å². The van der Waals surface area contributed by atoms with Gasteiger partial charge < -0.3 is 19.9 Å². The molecule has 7 nitrogen and oxygen atoms in total. The molecule has 0 bridgehead atoms. The molecular weight excluding hydrogens is 480 g/mol. The van der Waals surface area contributed by atoms with E-state index in [1.165, 1.54) is 6.07 Å². The van der Waals surface area contributed by atoms with Crippen molar-refractivity contribution in [1.82, 2.24) is 9.97 Å².